The second kappa shape index (κ2) is 9.37. The van der Waals surface area contributed by atoms with Gasteiger partial charge in [-0.3, -0.25) is 4.79 Å². The molecule has 1 aliphatic carbocycles. The minimum Gasteiger partial charge on any atom is -0.311 e. The number of nitrogens with one attached hydrogen (secondary N) is 1. The monoisotopic (exact) mass is 380 g/mol. The van der Waals surface area contributed by atoms with Crippen LogP contribution in [0.5, 0.6) is 0 Å². The van der Waals surface area contributed by atoms with E-state index in [4.69, 9.17) is 0 Å². The summed E-state index contributed by atoms with van der Waals surface area (Å²) in [6, 6.07) is 13.3. The molecular weight excluding hydrogens is 348 g/mol. The molecule has 2 aliphatic rings. The molecule has 4 rings (SSSR count). The van der Waals surface area contributed by atoms with Crippen molar-refractivity contribution in [1.29, 1.82) is 0 Å². The van der Waals surface area contributed by atoms with Crippen LogP contribution in [0.15, 0.2) is 42.6 Å². The van der Waals surface area contributed by atoms with Gasteiger partial charge in [-0.15, -0.1) is 0 Å². The Morgan fingerprint density at radius 3 is 2.46 bits per heavy atom. The number of hydrogen-bond acceptors (Lipinski definition) is 3. The highest BCUT2D eigenvalue weighted by Crippen LogP contribution is 2.30. The number of likely N-dealkylation sites (tertiary alicyclic amines) is 1. The Morgan fingerprint density at radius 1 is 0.964 bits per heavy atom. The first-order chi connectivity index (χ1) is 13.8. The molecule has 0 radical (unpaired) electrons. The minimum atomic E-state index is 0.0604. The minimum absolute atomic E-state index is 0.0604. The molecule has 5 nitrogen and oxygen atoms in total. The molecule has 0 bridgehead atoms. The van der Waals surface area contributed by atoms with E-state index < -0.39 is 0 Å². The first-order valence-electron chi connectivity index (χ1n) is 10.9. The fourth-order valence-electron chi connectivity index (χ4n) is 4.75. The molecule has 1 saturated heterocycles. The van der Waals surface area contributed by atoms with E-state index in [2.05, 4.69) is 27.4 Å². The number of carbonyl (C=O) groups excluding carboxylic acids is 1. The smallest absolute Gasteiger partial charge is 0.225 e. The van der Waals surface area contributed by atoms with E-state index in [0.29, 0.717) is 12.5 Å². The van der Waals surface area contributed by atoms with Gasteiger partial charge in [0.25, 0.3) is 0 Å². The molecule has 1 saturated carbocycles. The van der Waals surface area contributed by atoms with Crippen LogP contribution in [0, 0.1) is 0 Å². The SMILES string of the molecule is O=C(CCc1ccccc1)Nc1ccnn1C1CCN(C2CCCCC2)CC1. The zero-order valence-corrected chi connectivity index (χ0v) is 16.7. The Morgan fingerprint density at radius 2 is 1.71 bits per heavy atom. The predicted octanol–water partition coefficient (Wildman–Crippen LogP) is 4.42. The van der Waals surface area contributed by atoms with E-state index in [1.165, 1.54) is 37.7 Å². The Hall–Kier alpha value is -2.14. The van der Waals surface area contributed by atoms with Crippen LogP contribution >= 0.6 is 0 Å². The fraction of sp³-hybridized carbons (Fsp3) is 0.565. The molecule has 5 heteroatoms. The van der Waals surface area contributed by atoms with Gasteiger partial charge in [0, 0.05) is 31.6 Å². The van der Waals surface area contributed by atoms with Crippen LogP contribution in [0.2, 0.25) is 0 Å². The van der Waals surface area contributed by atoms with Crippen LogP contribution in [0.25, 0.3) is 0 Å². The van der Waals surface area contributed by atoms with Gasteiger partial charge in [0.1, 0.15) is 5.82 Å². The van der Waals surface area contributed by atoms with Crippen LogP contribution in [-0.2, 0) is 11.2 Å². The standard InChI is InChI=1S/C23H32N4O/c28-23(12-11-19-7-3-1-4-8-19)25-22-13-16-24-27(22)21-14-17-26(18-15-21)20-9-5-2-6-10-20/h1,3-4,7-8,13,16,20-21H,2,5-6,9-12,14-15,17-18H2,(H,25,28). The number of nitrogens with zero attached hydrogens (tertiary/aromatic N) is 3. The third-order valence-electron chi connectivity index (χ3n) is 6.36. The maximum Gasteiger partial charge on any atom is 0.225 e. The number of carbonyl (C=O) groups is 1. The van der Waals surface area contributed by atoms with Gasteiger partial charge < -0.3 is 10.2 Å². The first-order valence-corrected chi connectivity index (χ1v) is 10.9. The second-order valence-corrected chi connectivity index (χ2v) is 8.25. The van der Waals surface area contributed by atoms with E-state index in [-0.39, 0.29) is 5.91 Å². The molecular formula is C23H32N4O. The summed E-state index contributed by atoms with van der Waals surface area (Å²) in [6.07, 6.45) is 12.2. The van der Waals surface area contributed by atoms with Crippen molar-refractivity contribution in [3.63, 3.8) is 0 Å². The largest absolute Gasteiger partial charge is 0.311 e. The summed E-state index contributed by atoms with van der Waals surface area (Å²) in [6.45, 7) is 2.30. The van der Waals surface area contributed by atoms with E-state index in [0.717, 1.165) is 44.2 Å². The number of amides is 1. The maximum absolute atomic E-state index is 12.4. The topological polar surface area (TPSA) is 50.2 Å². The molecule has 2 fully saturated rings. The summed E-state index contributed by atoms with van der Waals surface area (Å²) in [5.74, 6) is 0.902. The lowest BCUT2D eigenvalue weighted by Gasteiger charge is -2.39. The lowest BCUT2D eigenvalue weighted by molar-refractivity contribution is -0.116. The summed E-state index contributed by atoms with van der Waals surface area (Å²) in [5, 5.41) is 7.61. The van der Waals surface area contributed by atoms with Crippen LogP contribution in [0.3, 0.4) is 0 Å². The normalized spacial score (nSPS) is 19.6. The molecule has 0 unspecified atom stereocenters. The molecule has 1 aromatic heterocycles. The summed E-state index contributed by atoms with van der Waals surface area (Å²) in [4.78, 5) is 15.1. The van der Waals surface area contributed by atoms with Gasteiger partial charge in [0.2, 0.25) is 5.91 Å². The summed E-state index contributed by atoms with van der Waals surface area (Å²) in [5.41, 5.74) is 1.20. The number of piperidine rings is 1. The molecule has 28 heavy (non-hydrogen) atoms. The number of anilines is 1. The molecule has 2 aromatic rings. The zero-order chi connectivity index (χ0) is 19.2. The van der Waals surface area contributed by atoms with Gasteiger partial charge in [-0.2, -0.15) is 5.10 Å². The van der Waals surface area contributed by atoms with Gasteiger partial charge in [-0.05, 0) is 37.7 Å². The van der Waals surface area contributed by atoms with E-state index in [9.17, 15) is 4.79 Å². The van der Waals surface area contributed by atoms with Crippen LogP contribution in [-0.4, -0.2) is 39.7 Å². The Bertz CT molecular complexity index is 743. The molecule has 1 amide bonds. The van der Waals surface area contributed by atoms with E-state index >= 15 is 0 Å². The quantitative estimate of drug-likeness (QED) is 0.807. The highest BCUT2D eigenvalue weighted by Gasteiger charge is 2.28. The lowest BCUT2D eigenvalue weighted by Crippen LogP contribution is -2.43. The van der Waals surface area contributed by atoms with Crippen molar-refractivity contribution in [2.24, 2.45) is 0 Å². The Labute approximate surface area is 168 Å². The molecule has 150 valence electrons. The third-order valence-corrected chi connectivity index (χ3v) is 6.36. The molecule has 1 aliphatic heterocycles. The first kappa shape index (κ1) is 19.2. The van der Waals surface area contributed by atoms with Crippen molar-refractivity contribution in [3.05, 3.63) is 48.2 Å². The van der Waals surface area contributed by atoms with Gasteiger partial charge in [0.05, 0.1) is 12.2 Å². The number of benzene rings is 1. The summed E-state index contributed by atoms with van der Waals surface area (Å²) >= 11 is 0. The van der Waals surface area contributed by atoms with Crippen LogP contribution in [0.1, 0.15) is 63.0 Å². The number of hydrogen-bond donors (Lipinski definition) is 1. The molecule has 1 N–H and O–H groups in total. The van der Waals surface area contributed by atoms with Crippen molar-refractivity contribution in [3.8, 4) is 0 Å². The second-order valence-electron chi connectivity index (χ2n) is 8.25. The van der Waals surface area contributed by atoms with Crippen molar-refractivity contribution in [1.82, 2.24) is 14.7 Å². The fourth-order valence-corrected chi connectivity index (χ4v) is 4.75. The number of rotatable bonds is 6. The average Bonchev–Trinajstić information content (AvgIpc) is 3.22. The highest BCUT2D eigenvalue weighted by molar-refractivity contribution is 5.89. The van der Waals surface area contributed by atoms with E-state index in [1.807, 2.05) is 28.9 Å². The average molecular weight is 381 g/mol. The lowest BCUT2D eigenvalue weighted by atomic mass is 9.92. The zero-order valence-electron chi connectivity index (χ0n) is 16.7. The Balaban J connectivity index is 1.28. The van der Waals surface area contributed by atoms with Gasteiger partial charge in [-0.25, -0.2) is 4.68 Å². The maximum atomic E-state index is 12.4. The highest BCUT2D eigenvalue weighted by atomic mass is 16.1. The third kappa shape index (κ3) is 4.82. The van der Waals surface area contributed by atoms with Crippen molar-refractivity contribution < 1.29 is 4.79 Å². The van der Waals surface area contributed by atoms with Gasteiger partial charge in [-0.1, -0.05) is 49.6 Å². The van der Waals surface area contributed by atoms with Crippen LogP contribution in [0.4, 0.5) is 5.82 Å². The summed E-state index contributed by atoms with van der Waals surface area (Å²) < 4.78 is 2.04. The number of aromatic nitrogens is 2. The molecule has 1 aromatic carbocycles. The van der Waals surface area contributed by atoms with Gasteiger partial charge >= 0.3 is 0 Å². The van der Waals surface area contributed by atoms with Crippen LogP contribution < -0.4 is 5.32 Å². The summed E-state index contributed by atoms with van der Waals surface area (Å²) in [7, 11) is 0. The van der Waals surface area contributed by atoms with E-state index in [1.54, 1.807) is 6.20 Å². The van der Waals surface area contributed by atoms with Crippen molar-refractivity contribution >= 4 is 11.7 Å². The van der Waals surface area contributed by atoms with Gasteiger partial charge in [0.15, 0.2) is 0 Å². The molecule has 0 spiro atoms. The van der Waals surface area contributed by atoms with Crippen molar-refractivity contribution in [2.75, 3.05) is 18.4 Å². The molecule has 2 heterocycles. The van der Waals surface area contributed by atoms with Crippen molar-refractivity contribution in [2.45, 2.75) is 69.9 Å². The molecule has 0 atom stereocenters. The predicted molar refractivity (Wildman–Crippen MR) is 112 cm³/mol. The Kier molecular flexibility index (Phi) is 6.42. The number of aryl methyl sites for hydroxylation is 1.